The molecule has 0 radical (unpaired) electrons. The molecule has 1 N–H and O–H groups in total. The molecular formula is C17H13NO5S. The highest BCUT2D eigenvalue weighted by Gasteiger charge is 2.20. The summed E-state index contributed by atoms with van der Waals surface area (Å²) in [5.74, 6) is -1.19. The van der Waals surface area contributed by atoms with Crippen LogP contribution in [0.15, 0.2) is 45.6 Å². The highest BCUT2D eigenvalue weighted by molar-refractivity contribution is 7.16. The summed E-state index contributed by atoms with van der Waals surface area (Å²) in [6.45, 7) is 1.80. The third kappa shape index (κ3) is 2.93. The Labute approximate surface area is 140 Å². The van der Waals surface area contributed by atoms with Gasteiger partial charge in [0.2, 0.25) is 0 Å². The maximum atomic E-state index is 12.4. The quantitative estimate of drug-likeness (QED) is 0.583. The van der Waals surface area contributed by atoms with Crippen molar-refractivity contribution in [3.05, 3.63) is 62.8 Å². The number of hydrogen-bond acceptors (Lipinski definition) is 6. The molecular weight excluding hydrogens is 330 g/mol. The van der Waals surface area contributed by atoms with Crippen molar-refractivity contribution in [2.45, 2.75) is 6.92 Å². The molecule has 0 aliphatic heterocycles. The second-order valence-electron chi connectivity index (χ2n) is 5.03. The molecule has 0 saturated heterocycles. The van der Waals surface area contributed by atoms with Crippen LogP contribution in [-0.4, -0.2) is 19.0 Å². The second kappa shape index (κ2) is 6.29. The number of amides is 1. The monoisotopic (exact) mass is 343 g/mol. The fraction of sp³-hybridized carbons (Fsp3) is 0.118. The zero-order chi connectivity index (χ0) is 17.3. The number of benzene rings is 1. The number of esters is 1. The van der Waals surface area contributed by atoms with Crippen molar-refractivity contribution in [3.63, 3.8) is 0 Å². The summed E-state index contributed by atoms with van der Waals surface area (Å²) in [5, 5.41) is 3.55. The Morgan fingerprint density at radius 3 is 2.67 bits per heavy atom. The number of hydrogen-bond donors (Lipinski definition) is 1. The molecule has 6 nitrogen and oxygen atoms in total. The third-order valence-electron chi connectivity index (χ3n) is 3.37. The highest BCUT2D eigenvalue weighted by atomic mass is 32.1. The van der Waals surface area contributed by atoms with Crippen LogP contribution in [0, 0.1) is 6.92 Å². The molecule has 0 bridgehead atoms. The number of nitrogens with one attached hydrogen (secondary N) is 1. The highest BCUT2D eigenvalue weighted by Crippen LogP contribution is 2.28. The van der Waals surface area contributed by atoms with Crippen molar-refractivity contribution in [2.75, 3.05) is 12.4 Å². The van der Waals surface area contributed by atoms with Gasteiger partial charge >= 0.3 is 11.6 Å². The summed E-state index contributed by atoms with van der Waals surface area (Å²) < 4.78 is 9.85. The Morgan fingerprint density at radius 1 is 1.17 bits per heavy atom. The van der Waals surface area contributed by atoms with E-state index in [2.05, 4.69) is 5.32 Å². The maximum absolute atomic E-state index is 12.4. The molecule has 0 saturated carbocycles. The van der Waals surface area contributed by atoms with Crippen molar-refractivity contribution in [2.24, 2.45) is 0 Å². The van der Waals surface area contributed by atoms with Crippen LogP contribution in [0.4, 0.5) is 5.00 Å². The van der Waals surface area contributed by atoms with E-state index in [1.165, 1.54) is 24.5 Å². The minimum absolute atomic E-state index is 0.129. The summed E-state index contributed by atoms with van der Waals surface area (Å²) in [6, 6.07) is 9.99. The number of carbonyl (C=O) groups is 2. The lowest BCUT2D eigenvalue weighted by molar-refractivity contribution is 0.0602. The topological polar surface area (TPSA) is 85.6 Å². The summed E-state index contributed by atoms with van der Waals surface area (Å²) in [4.78, 5) is 37.1. The molecule has 0 aliphatic rings. The standard InChI is InChI=1S/C17H13NO5S/c1-9-7-12(16(20)22-2)15(24-9)18-14(19)11-8-10-5-3-4-6-13(10)23-17(11)21/h3-8H,1-2H3,(H,18,19). The van der Waals surface area contributed by atoms with E-state index >= 15 is 0 Å². The molecule has 2 heterocycles. The van der Waals surface area contributed by atoms with Gasteiger partial charge in [0.15, 0.2) is 0 Å². The van der Waals surface area contributed by atoms with Crippen molar-refractivity contribution < 1.29 is 18.7 Å². The first kappa shape index (κ1) is 15.9. The Morgan fingerprint density at radius 2 is 1.92 bits per heavy atom. The van der Waals surface area contributed by atoms with Gasteiger partial charge in [0.25, 0.3) is 5.91 Å². The minimum Gasteiger partial charge on any atom is -0.465 e. The largest absolute Gasteiger partial charge is 0.465 e. The number of ether oxygens (including phenoxy) is 1. The van der Waals surface area contributed by atoms with Crippen LogP contribution in [0.5, 0.6) is 0 Å². The van der Waals surface area contributed by atoms with Gasteiger partial charge in [-0.3, -0.25) is 4.79 Å². The van der Waals surface area contributed by atoms with E-state index in [9.17, 15) is 14.4 Å². The lowest BCUT2D eigenvalue weighted by Crippen LogP contribution is -2.21. The van der Waals surface area contributed by atoms with Crippen LogP contribution in [-0.2, 0) is 4.74 Å². The average molecular weight is 343 g/mol. The molecule has 122 valence electrons. The SMILES string of the molecule is COC(=O)c1cc(C)sc1NC(=O)c1cc2ccccc2oc1=O. The van der Waals surface area contributed by atoms with E-state index in [0.29, 0.717) is 16.0 Å². The Balaban J connectivity index is 1.98. The van der Waals surface area contributed by atoms with E-state index < -0.39 is 17.5 Å². The fourth-order valence-corrected chi connectivity index (χ4v) is 3.15. The van der Waals surface area contributed by atoms with Gasteiger partial charge in [0.1, 0.15) is 16.1 Å². The minimum atomic E-state index is -0.737. The number of carbonyl (C=O) groups excluding carboxylic acids is 2. The van der Waals surface area contributed by atoms with Gasteiger partial charge in [0, 0.05) is 10.3 Å². The molecule has 3 rings (SSSR count). The van der Waals surface area contributed by atoms with E-state index in [4.69, 9.17) is 9.15 Å². The lowest BCUT2D eigenvalue weighted by Gasteiger charge is -2.05. The van der Waals surface area contributed by atoms with Gasteiger partial charge < -0.3 is 14.5 Å². The second-order valence-corrected chi connectivity index (χ2v) is 6.29. The predicted octanol–water partition coefficient (Wildman–Crippen LogP) is 3.20. The molecule has 1 aromatic carbocycles. The zero-order valence-corrected chi connectivity index (χ0v) is 13.7. The Hall–Kier alpha value is -2.93. The molecule has 24 heavy (non-hydrogen) atoms. The van der Waals surface area contributed by atoms with E-state index in [0.717, 1.165) is 4.88 Å². The van der Waals surface area contributed by atoms with Crippen LogP contribution < -0.4 is 10.9 Å². The fourth-order valence-electron chi connectivity index (χ4n) is 2.26. The number of fused-ring (bicyclic) bond motifs is 1. The summed E-state index contributed by atoms with van der Waals surface area (Å²) >= 11 is 1.23. The molecule has 7 heteroatoms. The summed E-state index contributed by atoms with van der Waals surface area (Å²) in [5.41, 5.74) is -0.213. The first-order valence-electron chi connectivity index (χ1n) is 7.02. The average Bonchev–Trinajstić information content (AvgIpc) is 2.93. The van der Waals surface area contributed by atoms with E-state index in [1.54, 1.807) is 37.3 Å². The normalized spacial score (nSPS) is 10.6. The third-order valence-corrected chi connectivity index (χ3v) is 4.34. The van der Waals surface area contributed by atoms with Crippen molar-refractivity contribution in [1.82, 2.24) is 0 Å². The van der Waals surface area contributed by atoms with Gasteiger partial charge in [-0.05, 0) is 25.1 Å². The molecule has 0 unspecified atom stereocenters. The number of para-hydroxylation sites is 1. The van der Waals surface area contributed by atoms with Gasteiger partial charge in [-0.2, -0.15) is 0 Å². The van der Waals surface area contributed by atoms with Crippen molar-refractivity contribution in [3.8, 4) is 0 Å². The Bertz CT molecular complexity index is 1000. The van der Waals surface area contributed by atoms with Crippen LogP contribution in [0.2, 0.25) is 0 Å². The molecule has 0 aliphatic carbocycles. The summed E-state index contributed by atoms with van der Waals surface area (Å²) in [7, 11) is 1.26. The van der Waals surface area contributed by atoms with Crippen molar-refractivity contribution in [1.29, 1.82) is 0 Å². The van der Waals surface area contributed by atoms with Crippen LogP contribution in [0.3, 0.4) is 0 Å². The summed E-state index contributed by atoms with van der Waals surface area (Å²) in [6.07, 6.45) is 0. The molecule has 2 aromatic heterocycles. The van der Waals surface area contributed by atoms with Gasteiger partial charge in [-0.1, -0.05) is 18.2 Å². The molecule has 0 spiro atoms. The van der Waals surface area contributed by atoms with E-state index in [1.807, 2.05) is 0 Å². The number of methoxy groups -OCH3 is 1. The van der Waals surface area contributed by atoms with Crippen LogP contribution in [0.25, 0.3) is 11.0 Å². The smallest absolute Gasteiger partial charge is 0.349 e. The van der Waals surface area contributed by atoms with Crippen LogP contribution >= 0.6 is 11.3 Å². The number of thiophene rings is 1. The maximum Gasteiger partial charge on any atom is 0.349 e. The number of rotatable bonds is 3. The van der Waals surface area contributed by atoms with Crippen molar-refractivity contribution >= 4 is 39.2 Å². The van der Waals surface area contributed by atoms with E-state index in [-0.39, 0.29) is 11.1 Å². The van der Waals surface area contributed by atoms with Gasteiger partial charge in [0.05, 0.1) is 12.7 Å². The van der Waals surface area contributed by atoms with Crippen LogP contribution in [0.1, 0.15) is 25.6 Å². The predicted molar refractivity (Wildman–Crippen MR) is 90.8 cm³/mol. The molecule has 0 fully saturated rings. The first-order valence-corrected chi connectivity index (χ1v) is 7.84. The van der Waals surface area contributed by atoms with Gasteiger partial charge in [-0.25, -0.2) is 9.59 Å². The first-order chi connectivity index (χ1) is 11.5. The Kier molecular flexibility index (Phi) is 4.18. The molecule has 0 atom stereocenters. The molecule has 1 amide bonds. The number of aryl methyl sites for hydroxylation is 1. The van der Waals surface area contributed by atoms with Gasteiger partial charge in [-0.15, -0.1) is 11.3 Å². The zero-order valence-electron chi connectivity index (χ0n) is 12.9. The lowest BCUT2D eigenvalue weighted by atomic mass is 10.2. The number of anilines is 1. The molecule has 3 aromatic rings.